The largest absolute Gasteiger partial charge is 0.497 e. The smallest absolute Gasteiger partial charge is 0.126 e. The lowest BCUT2D eigenvalue weighted by Crippen LogP contribution is -2.03. The Balaban J connectivity index is 1.88. The monoisotopic (exact) mass is 389 g/mol. The Hall–Kier alpha value is -3.54. The lowest BCUT2D eigenvalue weighted by molar-refractivity contribution is 0.391. The summed E-state index contributed by atoms with van der Waals surface area (Å²) in [4.78, 5) is 14.0. The first kappa shape index (κ1) is 18.8. The van der Waals surface area contributed by atoms with Crippen molar-refractivity contribution < 1.29 is 13.9 Å². The molecule has 146 valence electrons. The molecule has 0 saturated heterocycles. The van der Waals surface area contributed by atoms with E-state index in [2.05, 4.69) is 9.97 Å². The van der Waals surface area contributed by atoms with Gasteiger partial charge in [0.05, 0.1) is 31.1 Å². The minimum Gasteiger partial charge on any atom is -0.497 e. The van der Waals surface area contributed by atoms with Crippen molar-refractivity contribution in [1.29, 1.82) is 0 Å². The minimum atomic E-state index is -0.282. The van der Waals surface area contributed by atoms with E-state index in [4.69, 9.17) is 14.5 Å². The summed E-state index contributed by atoms with van der Waals surface area (Å²) in [6.07, 6.45) is 3.84. The van der Waals surface area contributed by atoms with Gasteiger partial charge in [0.25, 0.3) is 0 Å². The SMILES string of the molecule is COc1ccc(Cc2nc(-c3ccc(F)cc3)c(C)c3nccnc23)c(OC)c1. The molecule has 0 aliphatic carbocycles. The Morgan fingerprint density at radius 2 is 1.62 bits per heavy atom. The van der Waals surface area contributed by atoms with Gasteiger partial charge in [0, 0.05) is 41.6 Å². The first-order chi connectivity index (χ1) is 14.1. The van der Waals surface area contributed by atoms with Crippen molar-refractivity contribution >= 4 is 11.0 Å². The zero-order valence-corrected chi connectivity index (χ0v) is 16.4. The van der Waals surface area contributed by atoms with E-state index in [-0.39, 0.29) is 5.82 Å². The average Bonchev–Trinajstić information content (AvgIpc) is 2.76. The number of ether oxygens (including phenoxy) is 2. The van der Waals surface area contributed by atoms with Gasteiger partial charge in [-0.25, -0.2) is 9.37 Å². The summed E-state index contributed by atoms with van der Waals surface area (Å²) in [6.45, 7) is 1.96. The van der Waals surface area contributed by atoms with Crippen LogP contribution in [0, 0.1) is 12.7 Å². The van der Waals surface area contributed by atoms with Gasteiger partial charge in [-0.05, 0) is 37.3 Å². The quantitative estimate of drug-likeness (QED) is 0.493. The highest BCUT2D eigenvalue weighted by Gasteiger charge is 2.16. The third-order valence-corrected chi connectivity index (χ3v) is 4.90. The number of methoxy groups -OCH3 is 2. The van der Waals surface area contributed by atoms with E-state index in [0.29, 0.717) is 12.2 Å². The fourth-order valence-corrected chi connectivity index (χ4v) is 3.40. The van der Waals surface area contributed by atoms with Gasteiger partial charge in [0.1, 0.15) is 22.8 Å². The van der Waals surface area contributed by atoms with Gasteiger partial charge in [-0.15, -0.1) is 0 Å². The second-order valence-electron chi connectivity index (χ2n) is 6.65. The first-order valence-electron chi connectivity index (χ1n) is 9.17. The van der Waals surface area contributed by atoms with Gasteiger partial charge < -0.3 is 9.47 Å². The molecule has 0 amide bonds. The van der Waals surface area contributed by atoms with Crippen molar-refractivity contribution in [2.45, 2.75) is 13.3 Å². The maximum absolute atomic E-state index is 13.4. The van der Waals surface area contributed by atoms with E-state index in [0.717, 1.165) is 44.9 Å². The average molecular weight is 389 g/mol. The van der Waals surface area contributed by atoms with Gasteiger partial charge in [-0.2, -0.15) is 0 Å². The summed E-state index contributed by atoms with van der Waals surface area (Å²) in [7, 11) is 3.25. The number of hydrogen-bond donors (Lipinski definition) is 0. The molecule has 0 aliphatic heterocycles. The van der Waals surface area contributed by atoms with E-state index in [9.17, 15) is 4.39 Å². The molecule has 0 radical (unpaired) electrons. The molecule has 0 aliphatic rings. The molecule has 2 heterocycles. The van der Waals surface area contributed by atoms with E-state index in [1.165, 1.54) is 12.1 Å². The van der Waals surface area contributed by atoms with Crippen LogP contribution in [0.3, 0.4) is 0 Å². The van der Waals surface area contributed by atoms with E-state index in [1.54, 1.807) is 38.7 Å². The second kappa shape index (κ2) is 7.83. The summed E-state index contributed by atoms with van der Waals surface area (Å²) in [5.41, 5.74) is 5.77. The first-order valence-corrected chi connectivity index (χ1v) is 9.17. The summed E-state index contributed by atoms with van der Waals surface area (Å²) in [5.74, 6) is 1.15. The molecule has 4 rings (SSSR count). The Kier molecular flexibility index (Phi) is 5.08. The topological polar surface area (TPSA) is 57.1 Å². The second-order valence-corrected chi connectivity index (χ2v) is 6.65. The molecule has 0 saturated carbocycles. The van der Waals surface area contributed by atoms with Crippen LogP contribution in [0.25, 0.3) is 22.3 Å². The van der Waals surface area contributed by atoms with Crippen molar-refractivity contribution in [3.8, 4) is 22.8 Å². The number of halogens is 1. The molecule has 29 heavy (non-hydrogen) atoms. The molecule has 0 spiro atoms. The predicted octanol–water partition coefficient (Wildman–Crippen LogP) is 4.75. The van der Waals surface area contributed by atoms with Crippen LogP contribution in [-0.2, 0) is 6.42 Å². The van der Waals surface area contributed by atoms with Crippen molar-refractivity contribution in [1.82, 2.24) is 15.0 Å². The minimum absolute atomic E-state index is 0.282. The molecule has 0 atom stereocenters. The highest BCUT2D eigenvalue weighted by molar-refractivity contribution is 5.86. The van der Waals surface area contributed by atoms with Gasteiger partial charge in [0.15, 0.2) is 0 Å². The van der Waals surface area contributed by atoms with Crippen LogP contribution in [0.5, 0.6) is 11.5 Å². The number of nitrogens with zero attached hydrogens (tertiary/aromatic N) is 3. The number of hydrogen-bond acceptors (Lipinski definition) is 5. The maximum atomic E-state index is 13.4. The molecular weight excluding hydrogens is 369 g/mol. The Morgan fingerprint density at radius 1 is 0.897 bits per heavy atom. The zero-order chi connectivity index (χ0) is 20.4. The maximum Gasteiger partial charge on any atom is 0.126 e. The molecule has 4 aromatic rings. The van der Waals surface area contributed by atoms with Gasteiger partial charge in [0.2, 0.25) is 0 Å². The number of aromatic nitrogens is 3. The highest BCUT2D eigenvalue weighted by Crippen LogP contribution is 2.31. The molecule has 6 heteroatoms. The van der Waals surface area contributed by atoms with E-state index in [1.807, 2.05) is 25.1 Å². The summed E-state index contributed by atoms with van der Waals surface area (Å²) < 4.78 is 24.2. The third-order valence-electron chi connectivity index (χ3n) is 4.90. The van der Waals surface area contributed by atoms with E-state index < -0.39 is 0 Å². The molecule has 2 aromatic carbocycles. The lowest BCUT2D eigenvalue weighted by Gasteiger charge is -2.14. The third kappa shape index (κ3) is 3.61. The van der Waals surface area contributed by atoms with Crippen molar-refractivity contribution in [3.05, 3.63) is 77.5 Å². The number of benzene rings is 2. The number of aryl methyl sites for hydroxylation is 1. The summed E-state index contributed by atoms with van der Waals surface area (Å²) >= 11 is 0. The van der Waals surface area contributed by atoms with Gasteiger partial charge >= 0.3 is 0 Å². The van der Waals surface area contributed by atoms with Crippen molar-refractivity contribution in [3.63, 3.8) is 0 Å². The van der Waals surface area contributed by atoms with Crippen LogP contribution in [0.2, 0.25) is 0 Å². The molecular formula is C23H20FN3O2. The Labute approximate surface area is 168 Å². The number of pyridine rings is 1. The molecule has 0 N–H and O–H groups in total. The van der Waals surface area contributed by atoms with Crippen LogP contribution in [0.15, 0.2) is 54.9 Å². The molecule has 0 fully saturated rings. The van der Waals surface area contributed by atoms with Crippen LogP contribution in [0.4, 0.5) is 4.39 Å². The summed E-state index contributed by atoms with van der Waals surface area (Å²) in [5, 5.41) is 0. The number of rotatable bonds is 5. The highest BCUT2D eigenvalue weighted by atomic mass is 19.1. The van der Waals surface area contributed by atoms with E-state index >= 15 is 0 Å². The Bertz CT molecular complexity index is 1180. The number of fused-ring (bicyclic) bond motifs is 1. The zero-order valence-electron chi connectivity index (χ0n) is 16.4. The van der Waals surface area contributed by atoms with Crippen LogP contribution in [-0.4, -0.2) is 29.2 Å². The standard InChI is InChI=1S/C23H20FN3O2/c1-14-21(15-4-7-17(24)8-5-15)27-19(23-22(14)25-10-11-26-23)12-16-6-9-18(28-2)13-20(16)29-3/h4-11,13H,12H2,1-3H3. The fraction of sp³-hybridized carbons (Fsp3) is 0.174. The molecule has 0 unspecified atom stereocenters. The fourth-order valence-electron chi connectivity index (χ4n) is 3.40. The van der Waals surface area contributed by atoms with Crippen molar-refractivity contribution in [2.75, 3.05) is 14.2 Å². The predicted molar refractivity (Wildman–Crippen MR) is 110 cm³/mol. The molecule has 2 aromatic heterocycles. The van der Waals surface area contributed by atoms with Gasteiger partial charge in [-0.1, -0.05) is 6.07 Å². The summed E-state index contributed by atoms with van der Waals surface area (Å²) in [6, 6.07) is 12.0. The normalized spacial score (nSPS) is 10.9. The molecule has 5 nitrogen and oxygen atoms in total. The lowest BCUT2D eigenvalue weighted by atomic mass is 10.0. The van der Waals surface area contributed by atoms with Crippen LogP contribution < -0.4 is 9.47 Å². The van der Waals surface area contributed by atoms with Crippen LogP contribution in [0.1, 0.15) is 16.8 Å². The Morgan fingerprint density at radius 3 is 2.31 bits per heavy atom. The van der Waals surface area contributed by atoms with Crippen LogP contribution >= 0.6 is 0 Å². The molecule has 0 bridgehead atoms. The van der Waals surface area contributed by atoms with Crippen molar-refractivity contribution in [2.24, 2.45) is 0 Å². The van der Waals surface area contributed by atoms with Gasteiger partial charge in [-0.3, -0.25) is 9.97 Å².